The second-order valence-corrected chi connectivity index (χ2v) is 17.9. The molecule has 19 heteroatoms. The third-order valence-corrected chi connectivity index (χ3v) is 12.2. The predicted molar refractivity (Wildman–Crippen MR) is 197 cm³/mol. The van der Waals surface area contributed by atoms with Crippen LogP contribution >= 0.6 is 11.6 Å². The van der Waals surface area contributed by atoms with Gasteiger partial charge in [0.15, 0.2) is 6.61 Å². The first-order valence-electron chi connectivity index (χ1n) is 17.4. The molecule has 3 aliphatic rings. The molecule has 55 heavy (non-hydrogen) atoms. The highest BCUT2D eigenvalue weighted by Crippen LogP contribution is 2.50. The van der Waals surface area contributed by atoms with Crippen LogP contribution in [-0.4, -0.2) is 70.7 Å². The van der Waals surface area contributed by atoms with Crippen molar-refractivity contribution in [3.05, 3.63) is 77.3 Å². The van der Waals surface area contributed by atoms with Gasteiger partial charge in [0.05, 0.1) is 15.7 Å². The van der Waals surface area contributed by atoms with Gasteiger partial charge < -0.3 is 26.0 Å². The molecule has 0 bridgehead atoms. The van der Waals surface area contributed by atoms with E-state index in [4.69, 9.17) is 16.3 Å². The number of rotatable bonds is 15. The average molecular weight is 805 g/mol. The molecule has 6 rings (SSSR count). The Morgan fingerprint density at radius 3 is 2.13 bits per heavy atom. The molecule has 0 unspecified atom stereocenters. The number of alkyl halides is 3. The zero-order chi connectivity index (χ0) is 40.0. The van der Waals surface area contributed by atoms with Crippen LogP contribution in [0, 0.1) is 11.3 Å². The molecule has 294 valence electrons. The molecule has 0 spiro atoms. The number of nitrogens with one attached hydrogen (secondary N) is 5. The van der Waals surface area contributed by atoms with E-state index >= 15 is 0 Å². The lowest BCUT2D eigenvalue weighted by Gasteiger charge is -2.25. The number of hydrogen-bond donors (Lipinski definition) is 5. The number of nitrogens with zero attached hydrogens (tertiary/aromatic N) is 3. The number of carbonyl (C=O) groups is 3. The highest BCUT2D eigenvalue weighted by Gasteiger charge is 2.63. The van der Waals surface area contributed by atoms with E-state index in [9.17, 15) is 36.0 Å². The number of benzene rings is 2. The molecule has 2 aromatic carbocycles. The van der Waals surface area contributed by atoms with Crippen molar-refractivity contribution >= 4 is 56.9 Å². The SMILES string of the molecule is C=C[C@@H]1C[C@]1(NC(=O)C1(CNC(=O)c2ccc(Nc3nc(NC4(c5ccc(Cl)cc5)CC4)nc(OCC(F)(F)F)n3)cc2)CC1)C(=O)NS(=O)(=O)C(C)(C)C. The Hall–Kier alpha value is -4.97. The van der Waals surface area contributed by atoms with Gasteiger partial charge in [-0.05, 0) is 94.8 Å². The van der Waals surface area contributed by atoms with Gasteiger partial charge in [0.25, 0.3) is 11.8 Å². The Labute approximate surface area is 320 Å². The summed E-state index contributed by atoms with van der Waals surface area (Å²) in [6.45, 7) is 6.40. The molecule has 5 N–H and O–H groups in total. The highest BCUT2D eigenvalue weighted by atomic mass is 35.5. The smallest absolute Gasteiger partial charge is 0.422 e. The van der Waals surface area contributed by atoms with E-state index in [2.05, 4.69) is 47.5 Å². The second kappa shape index (κ2) is 14.3. The van der Waals surface area contributed by atoms with E-state index in [-0.39, 0.29) is 30.4 Å². The van der Waals surface area contributed by atoms with Gasteiger partial charge in [0.1, 0.15) is 5.54 Å². The Balaban J connectivity index is 1.09. The summed E-state index contributed by atoms with van der Waals surface area (Å²) in [4.78, 5) is 52.1. The van der Waals surface area contributed by atoms with Crippen LogP contribution in [0.15, 0.2) is 61.2 Å². The van der Waals surface area contributed by atoms with Crippen molar-refractivity contribution in [3.8, 4) is 6.01 Å². The Bertz CT molecular complexity index is 2100. The van der Waals surface area contributed by atoms with Crippen molar-refractivity contribution in [2.24, 2.45) is 11.3 Å². The number of carbonyl (C=O) groups excluding carboxylic acids is 3. The van der Waals surface area contributed by atoms with E-state index in [1.807, 2.05) is 12.1 Å². The molecule has 1 aromatic heterocycles. The summed E-state index contributed by atoms with van der Waals surface area (Å²) in [5.41, 5.74) is -1.45. The summed E-state index contributed by atoms with van der Waals surface area (Å²) in [6, 6.07) is 12.7. The van der Waals surface area contributed by atoms with E-state index in [0.717, 1.165) is 18.4 Å². The topological polar surface area (TPSA) is 193 Å². The Morgan fingerprint density at radius 2 is 1.58 bits per heavy atom. The first-order valence-corrected chi connectivity index (χ1v) is 19.2. The fourth-order valence-corrected chi connectivity index (χ4v) is 6.69. The van der Waals surface area contributed by atoms with E-state index in [1.165, 1.54) is 51.1 Å². The monoisotopic (exact) mass is 804 g/mol. The van der Waals surface area contributed by atoms with Crippen molar-refractivity contribution in [1.29, 1.82) is 0 Å². The molecular formula is C36H40ClF3N8O6S. The zero-order valence-electron chi connectivity index (χ0n) is 30.1. The van der Waals surface area contributed by atoms with Gasteiger partial charge in [-0.15, -0.1) is 6.58 Å². The fraction of sp³-hybridized carbons (Fsp3) is 0.444. The minimum atomic E-state index is -4.63. The molecule has 3 amide bonds. The van der Waals surface area contributed by atoms with Gasteiger partial charge in [-0.25, -0.2) is 8.42 Å². The molecule has 0 radical (unpaired) electrons. The molecule has 0 saturated heterocycles. The van der Waals surface area contributed by atoms with Crippen LogP contribution in [0.3, 0.4) is 0 Å². The van der Waals surface area contributed by atoms with Gasteiger partial charge in [-0.3, -0.25) is 19.1 Å². The number of anilines is 3. The van der Waals surface area contributed by atoms with Crippen LogP contribution in [0.1, 0.15) is 68.8 Å². The van der Waals surface area contributed by atoms with Crippen molar-refractivity contribution in [1.82, 2.24) is 30.3 Å². The standard InChI is InChI=1S/C36H40ClF3N8O6S/c1-5-22-18-35(22,28(51)48-55(52,53)32(2,3)4)46-27(50)33(14-15-33)19-41-26(49)21-6-12-25(13-7-21)42-29-43-30(45-31(44-29)54-20-36(38,39)40)47-34(16-17-34)23-8-10-24(37)11-9-23/h5-13,22H,1,14-20H2,2-4H3,(H,41,49)(H,46,50)(H,48,51)(H2,42,43,44,45,47)/t22-,35-/m1/s1. The third-order valence-electron chi connectivity index (χ3n) is 9.88. The maximum Gasteiger partial charge on any atom is 0.422 e. The number of hydrogen-bond acceptors (Lipinski definition) is 11. The summed E-state index contributed by atoms with van der Waals surface area (Å²) in [5, 5.41) is 12.2. The van der Waals surface area contributed by atoms with E-state index in [0.29, 0.717) is 23.6 Å². The summed E-state index contributed by atoms with van der Waals surface area (Å²) < 4.78 is 69.9. The van der Waals surface area contributed by atoms with Gasteiger partial charge >= 0.3 is 12.2 Å². The van der Waals surface area contributed by atoms with Crippen molar-refractivity contribution < 1.29 is 40.7 Å². The first kappa shape index (κ1) is 39.7. The molecule has 1 heterocycles. The molecule has 3 aromatic rings. The Kier molecular flexibility index (Phi) is 10.3. The van der Waals surface area contributed by atoms with Crippen LogP contribution in [0.5, 0.6) is 6.01 Å². The van der Waals surface area contributed by atoms with E-state index in [1.54, 1.807) is 12.1 Å². The number of halogens is 4. The van der Waals surface area contributed by atoms with E-state index < -0.39 is 73.7 Å². The third kappa shape index (κ3) is 8.96. The normalized spacial score (nSPS) is 20.7. The molecule has 0 aliphatic heterocycles. The second-order valence-electron chi connectivity index (χ2n) is 15.1. The fourth-order valence-electron chi connectivity index (χ4n) is 5.83. The summed E-state index contributed by atoms with van der Waals surface area (Å²) in [6.07, 6.45) is -0.633. The predicted octanol–water partition coefficient (Wildman–Crippen LogP) is 5.13. The van der Waals surface area contributed by atoms with Crippen LogP contribution in [0.25, 0.3) is 0 Å². The first-order chi connectivity index (χ1) is 25.7. The van der Waals surface area contributed by atoms with Gasteiger partial charge in [0.2, 0.25) is 27.8 Å². The van der Waals surface area contributed by atoms with Crippen LogP contribution < -0.4 is 30.7 Å². The minimum Gasteiger partial charge on any atom is -0.454 e. The van der Waals surface area contributed by atoms with Crippen LogP contribution in [0.4, 0.5) is 30.8 Å². The van der Waals surface area contributed by atoms with Crippen molar-refractivity contribution in [2.45, 2.75) is 74.9 Å². The van der Waals surface area contributed by atoms with Gasteiger partial charge in [-0.2, -0.15) is 28.1 Å². The minimum absolute atomic E-state index is 0.0145. The number of ether oxygens (including phenoxy) is 1. The van der Waals surface area contributed by atoms with Gasteiger partial charge in [-0.1, -0.05) is 29.8 Å². The summed E-state index contributed by atoms with van der Waals surface area (Å²) in [7, 11) is -4.03. The van der Waals surface area contributed by atoms with Crippen molar-refractivity contribution in [3.63, 3.8) is 0 Å². The molecule has 14 nitrogen and oxygen atoms in total. The maximum absolute atomic E-state index is 13.5. The number of sulfonamides is 1. The molecule has 3 aliphatic carbocycles. The molecule has 3 saturated carbocycles. The van der Waals surface area contributed by atoms with Gasteiger partial charge in [0, 0.05) is 28.7 Å². The quantitative estimate of drug-likeness (QED) is 0.128. The summed E-state index contributed by atoms with van der Waals surface area (Å²) >= 11 is 6.03. The molecule has 3 fully saturated rings. The maximum atomic E-state index is 13.5. The molecule has 2 atom stereocenters. The number of aromatic nitrogens is 3. The lowest BCUT2D eigenvalue weighted by molar-refractivity contribution is -0.154. The average Bonchev–Trinajstić information content (AvgIpc) is 4.02. The zero-order valence-corrected chi connectivity index (χ0v) is 31.7. The number of amides is 3. The summed E-state index contributed by atoms with van der Waals surface area (Å²) in [5.74, 6) is -2.40. The van der Waals surface area contributed by atoms with Crippen LogP contribution in [0.2, 0.25) is 5.02 Å². The van der Waals surface area contributed by atoms with Crippen LogP contribution in [-0.2, 0) is 25.2 Å². The lowest BCUT2D eigenvalue weighted by Crippen LogP contribution is -2.56. The largest absolute Gasteiger partial charge is 0.454 e. The Morgan fingerprint density at radius 1 is 0.945 bits per heavy atom. The lowest BCUT2D eigenvalue weighted by atomic mass is 10.0. The highest BCUT2D eigenvalue weighted by molar-refractivity contribution is 7.91. The van der Waals surface area contributed by atoms with Crippen molar-refractivity contribution in [2.75, 3.05) is 23.8 Å². The molecular weight excluding hydrogens is 765 g/mol.